The number of carbonyl (C=O) groups is 2. The van der Waals surface area contributed by atoms with Crippen LogP contribution in [-0.4, -0.2) is 36.1 Å². The zero-order chi connectivity index (χ0) is 13.6. The Morgan fingerprint density at radius 1 is 1.50 bits per heavy atom. The van der Waals surface area contributed by atoms with Crippen LogP contribution in [0.3, 0.4) is 0 Å². The summed E-state index contributed by atoms with van der Waals surface area (Å²) in [6, 6.07) is 0.264. The number of hydrogen-bond acceptors (Lipinski definition) is 3. The highest BCUT2D eigenvalue weighted by molar-refractivity contribution is 5.78. The van der Waals surface area contributed by atoms with Crippen LogP contribution in [0.25, 0.3) is 0 Å². The van der Waals surface area contributed by atoms with E-state index in [9.17, 15) is 9.59 Å². The second-order valence-electron chi connectivity index (χ2n) is 5.82. The Morgan fingerprint density at radius 3 is 2.78 bits per heavy atom. The highest BCUT2D eigenvalue weighted by atomic mass is 16.4. The number of carboxylic acids is 1. The predicted molar refractivity (Wildman–Crippen MR) is 69.3 cm³/mol. The molecule has 104 valence electrons. The fourth-order valence-corrected chi connectivity index (χ4v) is 2.10. The van der Waals surface area contributed by atoms with Crippen molar-refractivity contribution >= 4 is 11.9 Å². The SMILES string of the molecule is CC(C)(CCNCC1CCC(=O)N1)CCC(=O)O. The quantitative estimate of drug-likeness (QED) is 0.569. The number of rotatable bonds is 8. The first-order valence-corrected chi connectivity index (χ1v) is 6.61. The van der Waals surface area contributed by atoms with E-state index in [0.717, 1.165) is 25.9 Å². The van der Waals surface area contributed by atoms with Crippen molar-refractivity contribution in [1.29, 1.82) is 0 Å². The minimum absolute atomic E-state index is 0.0459. The van der Waals surface area contributed by atoms with Crippen molar-refractivity contribution in [2.45, 2.75) is 52.0 Å². The van der Waals surface area contributed by atoms with Gasteiger partial charge in [0, 0.05) is 25.4 Å². The topological polar surface area (TPSA) is 78.4 Å². The largest absolute Gasteiger partial charge is 0.481 e. The molecule has 5 heteroatoms. The van der Waals surface area contributed by atoms with Gasteiger partial charge in [-0.1, -0.05) is 13.8 Å². The number of hydrogen-bond donors (Lipinski definition) is 3. The van der Waals surface area contributed by atoms with Crippen molar-refractivity contribution in [2.75, 3.05) is 13.1 Å². The Balaban J connectivity index is 2.09. The molecular formula is C13H24N2O3. The molecule has 1 rings (SSSR count). The molecule has 1 saturated heterocycles. The van der Waals surface area contributed by atoms with E-state index >= 15 is 0 Å². The molecule has 18 heavy (non-hydrogen) atoms. The minimum Gasteiger partial charge on any atom is -0.481 e. The summed E-state index contributed by atoms with van der Waals surface area (Å²) in [5.41, 5.74) is 0.0459. The predicted octanol–water partition coefficient (Wildman–Crippen LogP) is 1.14. The van der Waals surface area contributed by atoms with Crippen LogP contribution in [0, 0.1) is 5.41 Å². The fourth-order valence-electron chi connectivity index (χ4n) is 2.10. The molecule has 1 heterocycles. The number of nitrogens with one attached hydrogen (secondary N) is 2. The van der Waals surface area contributed by atoms with Crippen molar-refractivity contribution in [3.05, 3.63) is 0 Å². The summed E-state index contributed by atoms with van der Waals surface area (Å²) >= 11 is 0. The Kier molecular flexibility index (Phi) is 5.59. The number of carboxylic acid groups (broad SMARTS) is 1. The van der Waals surface area contributed by atoms with E-state index in [2.05, 4.69) is 24.5 Å². The van der Waals surface area contributed by atoms with Gasteiger partial charge in [-0.05, 0) is 31.2 Å². The van der Waals surface area contributed by atoms with Gasteiger partial charge in [-0.15, -0.1) is 0 Å². The number of carbonyl (C=O) groups excluding carboxylic acids is 1. The molecule has 0 aromatic carbocycles. The first kappa shape index (κ1) is 15.0. The van der Waals surface area contributed by atoms with E-state index < -0.39 is 5.97 Å². The zero-order valence-corrected chi connectivity index (χ0v) is 11.3. The van der Waals surface area contributed by atoms with Gasteiger partial charge in [0.15, 0.2) is 0 Å². The highest BCUT2D eigenvalue weighted by Crippen LogP contribution is 2.25. The molecule has 0 radical (unpaired) electrons. The van der Waals surface area contributed by atoms with Crippen molar-refractivity contribution < 1.29 is 14.7 Å². The number of amides is 1. The maximum atomic E-state index is 11.0. The van der Waals surface area contributed by atoms with Gasteiger partial charge in [-0.25, -0.2) is 0 Å². The Hall–Kier alpha value is -1.10. The lowest BCUT2D eigenvalue weighted by Crippen LogP contribution is -2.36. The summed E-state index contributed by atoms with van der Waals surface area (Å²) in [4.78, 5) is 21.5. The maximum Gasteiger partial charge on any atom is 0.303 e. The lowest BCUT2D eigenvalue weighted by Gasteiger charge is -2.24. The van der Waals surface area contributed by atoms with Gasteiger partial charge in [-0.2, -0.15) is 0 Å². The first-order valence-electron chi connectivity index (χ1n) is 6.61. The van der Waals surface area contributed by atoms with E-state index in [1.165, 1.54) is 0 Å². The molecule has 0 aliphatic carbocycles. The summed E-state index contributed by atoms with van der Waals surface area (Å²) in [6.45, 7) is 5.85. The van der Waals surface area contributed by atoms with Crippen LogP contribution in [0.1, 0.15) is 46.0 Å². The molecule has 1 atom stereocenters. The van der Waals surface area contributed by atoms with Gasteiger partial charge in [0.25, 0.3) is 0 Å². The monoisotopic (exact) mass is 256 g/mol. The van der Waals surface area contributed by atoms with E-state index in [0.29, 0.717) is 12.8 Å². The van der Waals surface area contributed by atoms with Gasteiger partial charge in [0.05, 0.1) is 0 Å². The summed E-state index contributed by atoms with van der Waals surface area (Å²) in [6.07, 6.45) is 3.42. The highest BCUT2D eigenvalue weighted by Gasteiger charge is 2.21. The molecule has 0 aromatic rings. The zero-order valence-electron chi connectivity index (χ0n) is 11.3. The third-order valence-electron chi connectivity index (χ3n) is 3.47. The van der Waals surface area contributed by atoms with Gasteiger partial charge < -0.3 is 15.7 Å². The summed E-state index contributed by atoms with van der Waals surface area (Å²) in [5, 5.41) is 14.9. The maximum absolute atomic E-state index is 11.0. The molecule has 0 aromatic heterocycles. The Labute approximate surface area is 108 Å². The van der Waals surface area contributed by atoms with Crippen LogP contribution in [0.2, 0.25) is 0 Å². The van der Waals surface area contributed by atoms with Crippen molar-refractivity contribution in [3.8, 4) is 0 Å². The molecule has 0 saturated carbocycles. The van der Waals surface area contributed by atoms with Crippen molar-refractivity contribution in [3.63, 3.8) is 0 Å². The summed E-state index contributed by atoms with van der Waals surface area (Å²) in [7, 11) is 0. The second kappa shape index (κ2) is 6.73. The number of aliphatic carboxylic acids is 1. The average Bonchev–Trinajstić information content (AvgIpc) is 2.68. The van der Waals surface area contributed by atoms with Gasteiger partial charge in [0.2, 0.25) is 5.91 Å². The average molecular weight is 256 g/mol. The van der Waals surface area contributed by atoms with Crippen LogP contribution < -0.4 is 10.6 Å². The minimum atomic E-state index is -0.732. The molecule has 1 aliphatic rings. The van der Waals surface area contributed by atoms with Crippen LogP contribution >= 0.6 is 0 Å². The molecule has 5 nitrogen and oxygen atoms in total. The van der Waals surface area contributed by atoms with Gasteiger partial charge >= 0.3 is 5.97 Å². The van der Waals surface area contributed by atoms with Crippen LogP contribution in [0.4, 0.5) is 0 Å². The van der Waals surface area contributed by atoms with Gasteiger partial charge in [0.1, 0.15) is 0 Å². The van der Waals surface area contributed by atoms with Crippen LogP contribution in [0.15, 0.2) is 0 Å². The van der Waals surface area contributed by atoms with E-state index in [1.807, 2.05) is 0 Å². The smallest absolute Gasteiger partial charge is 0.303 e. The molecule has 0 bridgehead atoms. The van der Waals surface area contributed by atoms with E-state index in [-0.39, 0.29) is 23.8 Å². The Bertz CT molecular complexity index is 303. The standard InChI is InChI=1S/C13H24N2O3/c1-13(2,6-5-12(17)18)7-8-14-9-10-3-4-11(16)15-10/h10,14H,3-9H2,1-2H3,(H,15,16)(H,17,18). The molecule has 1 fully saturated rings. The summed E-state index contributed by atoms with van der Waals surface area (Å²) < 4.78 is 0. The second-order valence-corrected chi connectivity index (χ2v) is 5.82. The lowest BCUT2D eigenvalue weighted by molar-refractivity contribution is -0.137. The fraction of sp³-hybridized carbons (Fsp3) is 0.846. The first-order chi connectivity index (χ1) is 8.39. The third-order valence-corrected chi connectivity index (χ3v) is 3.47. The van der Waals surface area contributed by atoms with Gasteiger partial charge in [-0.3, -0.25) is 9.59 Å². The lowest BCUT2D eigenvalue weighted by atomic mass is 9.84. The van der Waals surface area contributed by atoms with E-state index in [4.69, 9.17) is 5.11 Å². The molecule has 1 aliphatic heterocycles. The molecule has 3 N–H and O–H groups in total. The van der Waals surface area contributed by atoms with Crippen molar-refractivity contribution in [2.24, 2.45) is 5.41 Å². The molecule has 1 amide bonds. The molecule has 0 spiro atoms. The van der Waals surface area contributed by atoms with Crippen LogP contribution in [0.5, 0.6) is 0 Å². The van der Waals surface area contributed by atoms with E-state index in [1.54, 1.807) is 0 Å². The third kappa shape index (κ3) is 6.00. The molecular weight excluding hydrogens is 232 g/mol. The normalized spacial score (nSPS) is 19.9. The van der Waals surface area contributed by atoms with Crippen molar-refractivity contribution in [1.82, 2.24) is 10.6 Å². The van der Waals surface area contributed by atoms with Crippen LogP contribution in [-0.2, 0) is 9.59 Å². The summed E-state index contributed by atoms with van der Waals surface area (Å²) in [5.74, 6) is -0.590. The Morgan fingerprint density at radius 2 is 2.22 bits per heavy atom. The molecule has 1 unspecified atom stereocenters.